The zero-order valence-corrected chi connectivity index (χ0v) is 11.2. The van der Waals surface area contributed by atoms with Crippen molar-refractivity contribution >= 4 is 7.60 Å². The Morgan fingerprint density at radius 3 is 2.50 bits per heavy atom. The maximum absolute atomic E-state index is 11.6. The van der Waals surface area contributed by atoms with Gasteiger partial charge in [0.15, 0.2) is 0 Å². The summed E-state index contributed by atoms with van der Waals surface area (Å²) in [5.74, 6) is -0.824. The van der Waals surface area contributed by atoms with E-state index < -0.39 is 49.2 Å². The Bertz CT molecular complexity index is 647. The third-order valence-corrected chi connectivity index (χ3v) is 4.40. The Balaban J connectivity index is 2.28. The molecule has 0 spiro atoms. The number of H-pyrrole nitrogens is 1. The van der Waals surface area contributed by atoms with Crippen LogP contribution in [0.2, 0.25) is 0 Å². The van der Waals surface area contributed by atoms with Gasteiger partial charge < -0.3 is 20.0 Å². The summed E-state index contributed by atoms with van der Waals surface area (Å²) < 4.78 is 12.0. The number of aliphatic hydroxyl groups is 2. The van der Waals surface area contributed by atoms with Crippen LogP contribution in [0.1, 0.15) is 12.5 Å². The van der Waals surface area contributed by atoms with Crippen LogP contribution in [-0.2, 0) is 4.57 Å². The van der Waals surface area contributed by atoms with Gasteiger partial charge in [-0.15, -0.1) is 0 Å². The van der Waals surface area contributed by atoms with Crippen LogP contribution in [0.4, 0.5) is 0 Å². The Morgan fingerprint density at radius 1 is 1.30 bits per heavy atom. The van der Waals surface area contributed by atoms with Crippen LogP contribution in [0.5, 0.6) is 0 Å². The van der Waals surface area contributed by atoms with Gasteiger partial charge in [-0.3, -0.25) is 18.9 Å². The summed E-state index contributed by atoms with van der Waals surface area (Å²) in [7, 11) is -4.33. The van der Waals surface area contributed by atoms with Gasteiger partial charge in [0.1, 0.15) is 6.10 Å². The normalized spacial score (nSPS) is 30.6. The molecule has 1 aromatic heterocycles. The van der Waals surface area contributed by atoms with Crippen LogP contribution in [0, 0.1) is 5.92 Å². The number of aliphatic hydroxyl groups excluding tert-OH is 2. The molecule has 112 valence electrons. The third kappa shape index (κ3) is 3.08. The standard InChI is InChI=1S/C10H15N2O7P/c13-7-1-2-12(10(16)11-7)6-3-5(4-20(17,18)19)8(14)9(6)15/h1-2,5-6,8-9,14-15H,3-4H2,(H,11,13,16)(H2,17,18,19)/t5-,6-,8-,9-/m1/s1. The van der Waals surface area contributed by atoms with Gasteiger partial charge in [-0.2, -0.15) is 0 Å². The molecule has 0 aliphatic heterocycles. The molecule has 0 aromatic carbocycles. The van der Waals surface area contributed by atoms with Gasteiger partial charge in [0, 0.05) is 18.2 Å². The van der Waals surface area contributed by atoms with E-state index in [1.54, 1.807) is 0 Å². The average Bonchev–Trinajstić information content (AvgIpc) is 2.56. The fourth-order valence-corrected chi connectivity index (χ4v) is 3.53. The van der Waals surface area contributed by atoms with Crippen molar-refractivity contribution in [2.75, 3.05) is 6.16 Å². The largest absolute Gasteiger partial charge is 0.390 e. The minimum absolute atomic E-state index is 0.0272. The van der Waals surface area contributed by atoms with E-state index in [1.165, 1.54) is 6.20 Å². The highest BCUT2D eigenvalue weighted by Gasteiger charge is 2.44. The van der Waals surface area contributed by atoms with E-state index in [2.05, 4.69) is 0 Å². The first-order valence-electron chi connectivity index (χ1n) is 5.91. The van der Waals surface area contributed by atoms with E-state index in [-0.39, 0.29) is 6.42 Å². The maximum Gasteiger partial charge on any atom is 0.328 e. The van der Waals surface area contributed by atoms with Crippen LogP contribution in [-0.4, -0.2) is 47.9 Å². The van der Waals surface area contributed by atoms with Crippen molar-refractivity contribution in [1.29, 1.82) is 0 Å². The Labute approximate surface area is 112 Å². The quantitative estimate of drug-likeness (QED) is 0.405. The summed E-state index contributed by atoms with van der Waals surface area (Å²) >= 11 is 0. The van der Waals surface area contributed by atoms with E-state index in [9.17, 15) is 24.4 Å². The van der Waals surface area contributed by atoms with E-state index in [1.807, 2.05) is 4.98 Å². The van der Waals surface area contributed by atoms with Crippen LogP contribution >= 0.6 is 7.60 Å². The SMILES string of the molecule is O=c1ccn([C@@H]2C[C@H](CP(=O)(O)O)[C@@H](O)[C@@H]2O)c(=O)[nH]1. The number of hydrogen-bond donors (Lipinski definition) is 5. The van der Waals surface area contributed by atoms with Crippen LogP contribution < -0.4 is 11.2 Å². The first-order valence-corrected chi connectivity index (χ1v) is 7.71. The van der Waals surface area contributed by atoms with E-state index in [4.69, 9.17) is 9.79 Å². The van der Waals surface area contributed by atoms with E-state index in [0.717, 1.165) is 10.6 Å². The predicted molar refractivity (Wildman–Crippen MR) is 67.4 cm³/mol. The van der Waals surface area contributed by atoms with Crippen LogP contribution in [0.15, 0.2) is 21.9 Å². The fraction of sp³-hybridized carbons (Fsp3) is 0.600. The third-order valence-electron chi connectivity index (χ3n) is 3.45. The molecule has 0 radical (unpaired) electrons. The number of nitrogens with zero attached hydrogens (tertiary/aromatic N) is 1. The number of hydrogen-bond acceptors (Lipinski definition) is 5. The Kier molecular flexibility index (Phi) is 3.99. The zero-order chi connectivity index (χ0) is 15.1. The first kappa shape index (κ1) is 15.1. The fourth-order valence-electron chi connectivity index (χ4n) is 2.55. The average molecular weight is 306 g/mol. The summed E-state index contributed by atoms with van der Waals surface area (Å²) in [4.78, 5) is 42.5. The maximum atomic E-state index is 11.6. The lowest BCUT2D eigenvalue weighted by Gasteiger charge is -2.18. The molecule has 1 heterocycles. The second-order valence-corrected chi connectivity index (χ2v) is 6.60. The molecule has 9 nitrogen and oxygen atoms in total. The van der Waals surface area contributed by atoms with Gasteiger partial charge in [0.25, 0.3) is 5.56 Å². The monoisotopic (exact) mass is 306 g/mol. The highest BCUT2D eigenvalue weighted by Crippen LogP contribution is 2.44. The summed E-state index contributed by atoms with van der Waals surface area (Å²) in [5, 5.41) is 19.7. The van der Waals surface area contributed by atoms with Crippen molar-refractivity contribution in [2.45, 2.75) is 24.7 Å². The zero-order valence-electron chi connectivity index (χ0n) is 10.3. The van der Waals surface area contributed by atoms with Gasteiger partial charge >= 0.3 is 13.3 Å². The first-order chi connectivity index (χ1) is 9.19. The second kappa shape index (κ2) is 5.27. The molecule has 1 aromatic rings. The lowest BCUT2D eigenvalue weighted by atomic mass is 10.1. The van der Waals surface area contributed by atoms with Crippen molar-refractivity contribution in [3.8, 4) is 0 Å². The lowest BCUT2D eigenvalue weighted by molar-refractivity contribution is 0.00833. The second-order valence-electron chi connectivity index (χ2n) is 4.91. The Hall–Kier alpha value is -1.25. The number of rotatable bonds is 3. The summed E-state index contributed by atoms with van der Waals surface area (Å²) in [5.41, 5.74) is -1.34. The summed E-state index contributed by atoms with van der Waals surface area (Å²) in [6.07, 6.45) is -2.04. The van der Waals surface area contributed by atoms with Crippen molar-refractivity contribution in [2.24, 2.45) is 5.92 Å². The molecule has 1 aliphatic carbocycles. The number of nitrogens with one attached hydrogen (secondary N) is 1. The molecule has 0 unspecified atom stereocenters. The molecule has 10 heteroatoms. The minimum atomic E-state index is -4.33. The number of aromatic nitrogens is 2. The summed E-state index contributed by atoms with van der Waals surface area (Å²) in [6.45, 7) is 0. The van der Waals surface area contributed by atoms with Gasteiger partial charge in [-0.25, -0.2) is 4.79 Å². The molecule has 0 amide bonds. The molecular weight excluding hydrogens is 291 g/mol. The van der Waals surface area contributed by atoms with Gasteiger partial charge in [0.05, 0.1) is 18.3 Å². The molecule has 0 saturated heterocycles. The van der Waals surface area contributed by atoms with E-state index in [0.29, 0.717) is 0 Å². The Morgan fingerprint density at radius 2 is 1.95 bits per heavy atom. The molecule has 0 bridgehead atoms. The van der Waals surface area contributed by atoms with Crippen molar-refractivity contribution in [3.63, 3.8) is 0 Å². The van der Waals surface area contributed by atoms with Gasteiger partial charge in [-0.1, -0.05) is 0 Å². The molecule has 5 N–H and O–H groups in total. The molecule has 1 aliphatic rings. The van der Waals surface area contributed by atoms with Crippen molar-refractivity contribution < 1.29 is 24.6 Å². The molecule has 1 saturated carbocycles. The van der Waals surface area contributed by atoms with Gasteiger partial charge in [0.2, 0.25) is 0 Å². The topological polar surface area (TPSA) is 153 Å². The highest BCUT2D eigenvalue weighted by atomic mass is 31.2. The molecule has 20 heavy (non-hydrogen) atoms. The predicted octanol–water partition coefficient (Wildman–Crippen LogP) is -2.00. The van der Waals surface area contributed by atoms with Crippen molar-refractivity contribution in [1.82, 2.24) is 9.55 Å². The molecule has 4 atom stereocenters. The van der Waals surface area contributed by atoms with Gasteiger partial charge in [-0.05, 0) is 6.42 Å². The van der Waals surface area contributed by atoms with Crippen LogP contribution in [0.25, 0.3) is 0 Å². The smallest absolute Gasteiger partial charge is 0.328 e. The lowest BCUT2D eigenvalue weighted by Crippen LogP contribution is -2.37. The molecular formula is C10H15N2O7P. The van der Waals surface area contributed by atoms with E-state index >= 15 is 0 Å². The van der Waals surface area contributed by atoms with Crippen LogP contribution in [0.3, 0.4) is 0 Å². The molecule has 1 fully saturated rings. The highest BCUT2D eigenvalue weighted by molar-refractivity contribution is 7.51. The number of aromatic amines is 1. The summed E-state index contributed by atoms with van der Waals surface area (Å²) in [6, 6.07) is 0.252. The van der Waals surface area contributed by atoms with Crippen molar-refractivity contribution in [3.05, 3.63) is 33.1 Å². The molecule has 2 rings (SSSR count). The minimum Gasteiger partial charge on any atom is -0.390 e.